The number of carboxylic acids is 1. The number of rotatable bonds is 8. The minimum absolute atomic E-state index is 0.0300. The fourth-order valence-corrected chi connectivity index (χ4v) is 5.76. The van der Waals surface area contributed by atoms with Gasteiger partial charge in [-0.25, -0.2) is 4.79 Å². The van der Waals surface area contributed by atoms with Gasteiger partial charge in [0.1, 0.15) is 0 Å². The fraction of sp³-hybridized carbons (Fsp3) is 0.385. The molecule has 0 bridgehead atoms. The lowest BCUT2D eigenvalue weighted by atomic mass is 9.85. The smallest absolute Gasteiger partial charge is 0.341 e. The van der Waals surface area contributed by atoms with Gasteiger partial charge in [0.05, 0.1) is 12.0 Å². The third-order valence-electron chi connectivity index (χ3n) is 6.26. The first kappa shape index (κ1) is 24.0. The fourth-order valence-electron chi connectivity index (χ4n) is 4.55. The van der Waals surface area contributed by atoms with E-state index in [1.807, 2.05) is 41.3 Å². The minimum atomic E-state index is -1.06. The average molecular weight is 483 g/mol. The van der Waals surface area contributed by atoms with Crippen LogP contribution in [0.15, 0.2) is 53.4 Å². The van der Waals surface area contributed by atoms with Crippen LogP contribution in [0.1, 0.15) is 38.2 Å². The second-order valence-corrected chi connectivity index (χ2v) is 9.75. The molecule has 34 heavy (non-hydrogen) atoms. The molecule has 0 radical (unpaired) electrons. The van der Waals surface area contributed by atoms with E-state index in [2.05, 4.69) is 12.2 Å². The molecule has 0 aromatic heterocycles. The average Bonchev–Trinajstić information content (AvgIpc) is 3.13. The number of aliphatic carboxylic acids is 1. The number of ether oxygens (including phenoxy) is 2. The lowest BCUT2D eigenvalue weighted by molar-refractivity contribution is -0.139. The van der Waals surface area contributed by atoms with E-state index in [1.165, 1.54) is 25.3 Å². The zero-order valence-electron chi connectivity index (χ0n) is 19.4. The summed E-state index contributed by atoms with van der Waals surface area (Å²) in [5.74, 6) is 0.183. The van der Waals surface area contributed by atoms with Crippen molar-refractivity contribution in [1.29, 1.82) is 0 Å². The maximum Gasteiger partial charge on any atom is 0.341 e. The van der Waals surface area contributed by atoms with Crippen LogP contribution in [0.25, 0.3) is 6.08 Å². The van der Waals surface area contributed by atoms with Gasteiger partial charge in [-0.15, -0.1) is 0 Å². The molecule has 1 unspecified atom stereocenters. The third-order valence-corrected chi connectivity index (χ3v) is 7.38. The van der Waals surface area contributed by atoms with Crippen molar-refractivity contribution in [3.05, 3.63) is 59.0 Å². The molecule has 1 heterocycles. The van der Waals surface area contributed by atoms with Gasteiger partial charge in [0, 0.05) is 11.7 Å². The van der Waals surface area contributed by atoms with Crippen molar-refractivity contribution in [1.82, 2.24) is 4.90 Å². The molecule has 2 aliphatic rings. The van der Waals surface area contributed by atoms with Gasteiger partial charge in [-0.3, -0.25) is 4.79 Å². The number of methoxy groups -OCH3 is 1. The zero-order chi connectivity index (χ0) is 24.1. The highest BCUT2D eigenvalue weighted by Gasteiger charge is 2.42. The van der Waals surface area contributed by atoms with E-state index < -0.39 is 12.6 Å². The summed E-state index contributed by atoms with van der Waals surface area (Å²) in [5, 5.41) is 12.4. The van der Waals surface area contributed by atoms with Crippen LogP contribution in [-0.4, -0.2) is 47.1 Å². The first-order valence-corrected chi connectivity index (χ1v) is 12.4. The number of nitrogens with zero attached hydrogens (tertiary/aromatic N) is 1. The summed E-state index contributed by atoms with van der Waals surface area (Å²) >= 11 is 1.52. The Morgan fingerprint density at radius 3 is 2.65 bits per heavy atom. The largest absolute Gasteiger partial charge is 0.493 e. The molecule has 1 aliphatic carbocycles. The molecule has 7 nitrogen and oxygen atoms in total. The lowest BCUT2D eigenvalue weighted by Gasteiger charge is -2.39. The predicted molar refractivity (Wildman–Crippen MR) is 134 cm³/mol. The monoisotopic (exact) mass is 482 g/mol. The maximum atomic E-state index is 13.6. The Balaban J connectivity index is 1.61. The Labute approximate surface area is 204 Å². The molecule has 3 atom stereocenters. The summed E-state index contributed by atoms with van der Waals surface area (Å²) in [6.45, 7) is 1.79. The van der Waals surface area contributed by atoms with Crippen LogP contribution in [0.5, 0.6) is 11.5 Å². The molecule has 1 aliphatic heterocycles. The highest BCUT2D eigenvalue weighted by Crippen LogP contribution is 2.42. The molecule has 2 aromatic rings. The van der Waals surface area contributed by atoms with Gasteiger partial charge >= 0.3 is 5.97 Å². The molecule has 4 rings (SSSR count). The topological polar surface area (TPSA) is 88.1 Å². The summed E-state index contributed by atoms with van der Waals surface area (Å²) in [5.41, 5.74) is 1.57. The van der Waals surface area contributed by atoms with E-state index >= 15 is 0 Å². The van der Waals surface area contributed by atoms with Gasteiger partial charge in [0.25, 0.3) is 5.91 Å². The van der Waals surface area contributed by atoms with Crippen LogP contribution in [0.2, 0.25) is 0 Å². The molecular formula is C26H30N2O5S. The van der Waals surface area contributed by atoms with E-state index in [-0.39, 0.29) is 17.4 Å². The number of anilines is 1. The SMILES string of the molecule is COc1cc(/C=C2\SC(Nc3ccccc3)N([C@@H]3CCCC[C@@H]3C)C2=O)ccc1OCC(=O)O. The van der Waals surface area contributed by atoms with Gasteiger partial charge in [0.15, 0.2) is 23.6 Å². The molecule has 0 spiro atoms. The molecule has 180 valence electrons. The third kappa shape index (κ3) is 5.50. The molecule has 1 saturated carbocycles. The number of nitrogens with one attached hydrogen (secondary N) is 1. The summed E-state index contributed by atoms with van der Waals surface area (Å²) in [6.07, 6.45) is 6.35. The number of carboxylic acid groups (broad SMARTS) is 1. The number of benzene rings is 2. The van der Waals surface area contributed by atoms with Gasteiger partial charge in [-0.05, 0) is 54.7 Å². The van der Waals surface area contributed by atoms with E-state index in [1.54, 1.807) is 18.2 Å². The van der Waals surface area contributed by atoms with E-state index in [0.29, 0.717) is 22.3 Å². The van der Waals surface area contributed by atoms with Crippen LogP contribution in [0.4, 0.5) is 5.69 Å². The molecule has 2 N–H and O–H groups in total. The standard InChI is InChI=1S/C26H30N2O5S/c1-17-8-6-7-11-20(17)28-25(31)23(34-26(28)27-19-9-4-3-5-10-19)15-18-12-13-21(22(14-18)32-2)33-16-24(29)30/h3-5,9-10,12-15,17,20,26-27H,6-8,11,16H2,1-2H3,(H,29,30)/b23-15-/t17-,20+,26?/m0/s1. The van der Waals surface area contributed by atoms with E-state index in [4.69, 9.17) is 14.6 Å². The Morgan fingerprint density at radius 2 is 1.94 bits per heavy atom. The minimum Gasteiger partial charge on any atom is -0.493 e. The lowest BCUT2D eigenvalue weighted by Crippen LogP contribution is -2.48. The van der Waals surface area contributed by atoms with Crippen LogP contribution in [0.3, 0.4) is 0 Å². The molecule has 8 heteroatoms. The number of amides is 1. The Morgan fingerprint density at radius 1 is 1.18 bits per heavy atom. The van der Waals surface area contributed by atoms with Gasteiger partial charge < -0.3 is 24.8 Å². The summed E-state index contributed by atoms with van der Waals surface area (Å²) < 4.78 is 10.7. The van der Waals surface area contributed by atoms with Crippen molar-refractivity contribution >= 4 is 35.4 Å². The summed E-state index contributed by atoms with van der Waals surface area (Å²) in [6, 6.07) is 15.4. The second-order valence-electron chi connectivity index (χ2n) is 8.62. The van der Waals surface area contributed by atoms with Crippen molar-refractivity contribution in [2.24, 2.45) is 5.92 Å². The quantitative estimate of drug-likeness (QED) is 0.509. The molecule has 1 amide bonds. The highest BCUT2D eigenvalue weighted by molar-refractivity contribution is 8.05. The highest BCUT2D eigenvalue weighted by atomic mass is 32.2. The van der Waals surface area contributed by atoms with Crippen molar-refractivity contribution in [2.75, 3.05) is 19.0 Å². The van der Waals surface area contributed by atoms with Crippen LogP contribution in [0, 0.1) is 5.92 Å². The number of thioether (sulfide) groups is 1. The van der Waals surface area contributed by atoms with Crippen LogP contribution >= 0.6 is 11.8 Å². The normalized spacial score (nSPS) is 23.7. The number of carbonyl (C=O) groups is 2. The van der Waals surface area contributed by atoms with Gasteiger partial charge in [0.2, 0.25) is 0 Å². The Hall–Kier alpha value is -3.13. The Bertz CT molecular complexity index is 1060. The van der Waals surface area contributed by atoms with Crippen molar-refractivity contribution in [3.8, 4) is 11.5 Å². The number of para-hydroxylation sites is 1. The molecule has 2 fully saturated rings. The summed E-state index contributed by atoms with van der Waals surface area (Å²) in [7, 11) is 1.50. The Kier molecular flexibility index (Phi) is 7.67. The van der Waals surface area contributed by atoms with Crippen LogP contribution < -0.4 is 14.8 Å². The van der Waals surface area contributed by atoms with E-state index in [0.717, 1.165) is 30.5 Å². The molecule has 1 saturated heterocycles. The first-order valence-electron chi connectivity index (χ1n) is 11.5. The molecule has 2 aromatic carbocycles. The second kappa shape index (κ2) is 10.9. The van der Waals surface area contributed by atoms with Crippen LogP contribution in [-0.2, 0) is 9.59 Å². The number of hydrogen-bond acceptors (Lipinski definition) is 6. The predicted octanol–water partition coefficient (Wildman–Crippen LogP) is 5.05. The van der Waals surface area contributed by atoms with Crippen molar-refractivity contribution in [3.63, 3.8) is 0 Å². The van der Waals surface area contributed by atoms with E-state index in [9.17, 15) is 9.59 Å². The van der Waals surface area contributed by atoms with Gasteiger partial charge in [-0.1, -0.05) is 55.8 Å². The first-order chi connectivity index (χ1) is 16.5. The zero-order valence-corrected chi connectivity index (χ0v) is 20.2. The van der Waals surface area contributed by atoms with Gasteiger partial charge in [-0.2, -0.15) is 0 Å². The summed E-state index contributed by atoms with van der Waals surface area (Å²) in [4.78, 5) is 27.1. The number of hydrogen-bond donors (Lipinski definition) is 2. The van der Waals surface area contributed by atoms with Crippen molar-refractivity contribution < 1.29 is 24.2 Å². The molecular weight excluding hydrogens is 452 g/mol. The number of carbonyl (C=O) groups excluding carboxylic acids is 1. The van der Waals surface area contributed by atoms with Crippen molar-refractivity contribution in [2.45, 2.75) is 44.1 Å². The maximum absolute atomic E-state index is 13.6.